The molecule has 0 radical (unpaired) electrons. The van der Waals surface area contributed by atoms with Crippen LogP contribution in [0.25, 0.3) is 5.52 Å². The quantitative estimate of drug-likeness (QED) is 0.507. The molecule has 2 fully saturated rings. The maximum absolute atomic E-state index is 13.3. The number of piperazine rings is 1. The van der Waals surface area contributed by atoms with Gasteiger partial charge in [-0.2, -0.15) is 0 Å². The molecule has 5 rings (SSSR count). The number of nitrogens with one attached hydrogen (secondary N) is 1. The number of anilines is 3. The molecule has 12 nitrogen and oxygen atoms in total. The zero-order valence-corrected chi connectivity index (χ0v) is 20.5. The molecule has 2 aromatic heterocycles. The maximum Gasteiger partial charge on any atom is 0.322 e. The van der Waals surface area contributed by atoms with E-state index in [1.165, 1.54) is 15.9 Å². The zero-order valence-electron chi connectivity index (χ0n) is 20.5. The predicted molar refractivity (Wildman–Crippen MR) is 137 cm³/mol. The second-order valence-electron chi connectivity index (χ2n) is 8.85. The Kier molecular flexibility index (Phi) is 6.38. The summed E-state index contributed by atoms with van der Waals surface area (Å²) in [4.78, 5) is 52.3. The Hall–Kier alpha value is -4.61. The number of nitrogen functional groups attached to an aromatic ring is 1. The van der Waals surface area contributed by atoms with Crippen LogP contribution in [0, 0.1) is 0 Å². The SMILES string of the molecule is C=CC(=O)N1CCCC1c1nc(N2CCN(C(=O)Nc3cccc(OC)c3)CC2=O)c2c(N)nccn12. The highest BCUT2D eigenvalue weighted by atomic mass is 16.5. The third-order valence-electron chi connectivity index (χ3n) is 6.69. The normalized spacial score (nSPS) is 17.8. The number of amides is 4. The highest BCUT2D eigenvalue weighted by molar-refractivity contribution is 6.02. The Bertz CT molecular complexity index is 1390. The summed E-state index contributed by atoms with van der Waals surface area (Å²) in [6, 6.07) is 6.33. The first-order valence-electron chi connectivity index (χ1n) is 12.0. The monoisotopic (exact) mass is 504 g/mol. The Morgan fingerprint density at radius 1 is 1.27 bits per heavy atom. The van der Waals surface area contributed by atoms with E-state index in [1.54, 1.807) is 53.1 Å². The van der Waals surface area contributed by atoms with Gasteiger partial charge in [0, 0.05) is 43.8 Å². The van der Waals surface area contributed by atoms with Crippen molar-refractivity contribution in [2.75, 3.05) is 49.2 Å². The molecule has 1 aromatic carbocycles. The van der Waals surface area contributed by atoms with Crippen LogP contribution in [0.1, 0.15) is 24.7 Å². The van der Waals surface area contributed by atoms with Gasteiger partial charge in [-0.15, -0.1) is 0 Å². The van der Waals surface area contributed by atoms with Crippen LogP contribution >= 0.6 is 0 Å². The fraction of sp³-hybridized carbons (Fsp3) is 0.320. The maximum atomic E-state index is 13.3. The molecule has 192 valence electrons. The number of ether oxygens (including phenoxy) is 1. The van der Waals surface area contributed by atoms with Gasteiger partial charge in [0.05, 0.1) is 13.2 Å². The van der Waals surface area contributed by atoms with Crippen molar-refractivity contribution in [3.63, 3.8) is 0 Å². The number of aromatic nitrogens is 3. The summed E-state index contributed by atoms with van der Waals surface area (Å²) < 4.78 is 6.99. The molecule has 4 amide bonds. The average Bonchev–Trinajstić information content (AvgIpc) is 3.54. The van der Waals surface area contributed by atoms with Crippen LogP contribution in [0.15, 0.2) is 49.3 Å². The van der Waals surface area contributed by atoms with Crippen LogP contribution in [-0.4, -0.2) is 75.3 Å². The number of benzene rings is 1. The molecular weight excluding hydrogens is 476 g/mol. The average molecular weight is 505 g/mol. The van der Waals surface area contributed by atoms with Gasteiger partial charge in [-0.05, 0) is 31.1 Å². The molecular formula is C25H28N8O4. The molecule has 12 heteroatoms. The Morgan fingerprint density at radius 2 is 2.11 bits per heavy atom. The number of nitrogens with two attached hydrogens (primary N) is 1. The van der Waals surface area contributed by atoms with E-state index >= 15 is 0 Å². The molecule has 2 aliphatic heterocycles. The first-order chi connectivity index (χ1) is 17.9. The van der Waals surface area contributed by atoms with E-state index in [0.29, 0.717) is 41.7 Å². The van der Waals surface area contributed by atoms with E-state index < -0.39 is 0 Å². The molecule has 0 bridgehead atoms. The molecule has 37 heavy (non-hydrogen) atoms. The van der Waals surface area contributed by atoms with Crippen molar-refractivity contribution < 1.29 is 19.1 Å². The van der Waals surface area contributed by atoms with Crippen LogP contribution in [0.4, 0.5) is 22.1 Å². The molecule has 1 unspecified atom stereocenters. The second kappa shape index (κ2) is 9.80. The van der Waals surface area contributed by atoms with E-state index in [0.717, 1.165) is 12.8 Å². The highest BCUT2D eigenvalue weighted by Crippen LogP contribution is 2.36. The molecule has 2 saturated heterocycles. The van der Waals surface area contributed by atoms with Crippen molar-refractivity contribution >= 4 is 40.7 Å². The molecule has 1 atom stereocenters. The predicted octanol–water partition coefficient (Wildman–Crippen LogP) is 2.05. The lowest BCUT2D eigenvalue weighted by Gasteiger charge is -2.33. The fourth-order valence-corrected chi connectivity index (χ4v) is 4.88. The number of urea groups is 1. The highest BCUT2D eigenvalue weighted by Gasteiger charge is 2.36. The number of likely N-dealkylation sites (tertiary alicyclic amines) is 1. The second-order valence-corrected chi connectivity index (χ2v) is 8.85. The first-order valence-corrected chi connectivity index (χ1v) is 12.0. The summed E-state index contributed by atoms with van der Waals surface area (Å²) in [5.74, 6) is 1.35. The minimum Gasteiger partial charge on any atom is -0.497 e. The first kappa shape index (κ1) is 24.1. The van der Waals surface area contributed by atoms with E-state index in [4.69, 9.17) is 15.5 Å². The minimum atomic E-state index is -0.387. The minimum absolute atomic E-state index is 0.130. The van der Waals surface area contributed by atoms with Gasteiger partial charge in [-0.3, -0.25) is 18.9 Å². The fourth-order valence-electron chi connectivity index (χ4n) is 4.88. The lowest BCUT2D eigenvalue weighted by molar-refractivity contribution is -0.127. The number of methoxy groups -OCH3 is 1. The summed E-state index contributed by atoms with van der Waals surface area (Å²) in [6.07, 6.45) is 6.15. The van der Waals surface area contributed by atoms with Crippen molar-refractivity contribution in [1.82, 2.24) is 24.2 Å². The Balaban J connectivity index is 1.39. The lowest BCUT2D eigenvalue weighted by atomic mass is 10.2. The van der Waals surface area contributed by atoms with E-state index in [-0.39, 0.29) is 42.8 Å². The summed E-state index contributed by atoms with van der Waals surface area (Å²) in [5, 5.41) is 2.80. The lowest BCUT2D eigenvalue weighted by Crippen LogP contribution is -2.53. The van der Waals surface area contributed by atoms with Gasteiger partial charge in [-0.25, -0.2) is 14.8 Å². The topological polar surface area (TPSA) is 138 Å². The summed E-state index contributed by atoms with van der Waals surface area (Å²) in [6.45, 7) is 4.60. The summed E-state index contributed by atoms with van der Waals surface area (Å²) >= 11 is 0. The standard InChI is InChI=1S/C25H28N8O4/c1-3-19(34)31-10-5-8-18(31)23-29-24(21-22(26)27-9-11-33(21)23)32-13-12-30(15-20(32)35)25(36)28-16-6-4-7-17(14-16)37-2/h3-4,6-7,9,11,14,18H,1,5,8,10,12-13,15H2,2H3,(H2,26,27)(H,28,36). The molecule has 3 N–H and O–H groups in total. The Labute approximate surface area is 213 Å². The smallest absolute Gasteiger partial charge is 0.322 e. The van der Waals surface area contributed by atoms with Gasteiger partial charge in [0.15, 0.2) is 11.6 Å². The van der Waals surface area contributed by atoms with Crippen molar-refractivity contribution in [2.24, 2.45) is 0 Å². The molecule has 0 saturated carbocycles. The number of carbonyl (C=O) groups excluding carboxylic acids is 3. The molecule has 2 aliphatic rings. The number of nitrogens with zero attached hydrogens (tertiary/aromatic N) is 6. The molecule has 4 heterocycles. The molecule has 0 aliphatic carbocycles. The third-order valence-corrected chi connectivity index (χ3v) is 6.69. The van der Waals surface area contributed by atoms with Gasteiger partial charge >= 0.3 is 6.03 Å². The number of fused-ring (bicyclic) bond motifs is 1. The van der Waals surface area contributed by atoms with Gasteiger partial charge in [-0.1, -0.05) is 12.6 Å². The number of carbonyl (C=O) groups is 3. The Morgan fingerprint density at radius 3 is 2.86 bits per heavy atom. The van der Waals surface area contributed by atoms with Crippen LogP contribution in [0.5, 0.6) is 5.75 Å². The van der Waals surface area contributed by atoms with Crippen LogP contribution < -0.4 is 20.7 Å². The summed E-state index contributed by atoms with van der Waals surface area (Å²) in [7, 11) is 1.55. The van der Waals surface area contributed by atoms with Gasteiger partial charge < -0.3 is 25.6 Å². The molecule has 3 aromatic rings. The van der Waals surface area contributed by atoms with Crippen molar-refractivity contribution in [2.45, 2.75) is 18.9 Å². The number of hydrogen-bond donors (Lipinski definition) is 2. The van der Waals surface area contributed by atoms with Crippen molar-refractivity contribution in [3.05, 3.63) is 55.1 Å². The zero-order chi connectivity index (χ0) is 26.1. The largest absolute Gasteiger partial charge is 0.497 e. The number of imidazole rings is 1. The number of rotatable bonds is 5. The van der Waals surface area contributed by atoms with Crippen molar-refractivity contribution in [1.29, 1.82) is 0 Å². The van der Waals surface area contributed by atoms with E-state index in [1.807, 2.05) is 0 Å². The third kappa shape index (κ3) is 4.41. The molecule has 0 spiro atoms. The van der Waals surface area contributed by atoms with Gasteiger partial charge in [0.2, 0.25) is 11.8 Å². The van der Waals surface area contributed by atoms with Crippen LogP contribution in [0.3, 0.4) is 0 Å². The van der Waals surface area contributed by atoms with Crippen molar-refractivity contribution in [3.8, 4) is 5.75 Å². The van der Waals surface area contributed by atoms with Crippen LogP contribution in [-0.2, 0) is 9.59 Å². The van der Waals surface area contributed by atoms with E-state index in [2.05, 4.69) is 16.9 Å². The van der Waals surface area contributed by atoms with E-state index in [9.17, 15) is 14.4 Å². The number of hydrogen-bond acceptors (Lipinski definition) is 7. The van der Waals surface area contributed by atoms with Gasteiger partial charge in [0.25, 0.3) is 0 Å². The van der Waals surface area contributed by atoms with Crippen LogP contribution in [0.2, 0.25) is 0 Å². The summed E-state index contributed by atoms with van der Waals surface area (Å²) in [5.41, 5.74) is 7.30. The van der Waals surface area contributed by atoms with Gasteiger partial charge in [0.1, 0.15) is 23.6 Å².